The largest absolute Gasteiger partial charge is 0.453 e. The Morgan fingerprint density at radius 3 is 2.59 bits per heavy atom. The maximum absolute atomic E-state index is 13.2. The van der Waals surface area contributed by atoms with Gasteiger partial charge in [-0.1, -0.05) is 0 Å². The van der Waals surface area contributed by atoms with Gasteiger partial charge < -0.3 is 10.1 Å². The second kappa shape index (κ2) is 5.38. The van der Waals surface area contributed by atoms with Gasteiger partial charge in [-0.05, 0) is 19.1 Å². The molecular formula is C11H11F2NO3. The quantitative estimate of drug-likeness (QED) is 0.824. The van der Waals surface area contributed by atoms with Crippen LogP contribution in [-0.2, 0) is 14.3 Å². The summed E-state index contributed by atoms with van der Waals surface area (Å²) in [5.74, 6) is -2.81. The van der Waals surface area contributed by atoms with Crippen LogP contribution in [0.15, 0.2) is 18.2 Å². The Labute approximate surface area is 96.6 Å². The molecule has 1 aromatic carbocycles. The summed E-state index contributed by atoms with van der Waals surface area (Å²) < 4.78 is 30.6. The summed E-state index contributed by atoms with van der Waals surface area (Å²) in [4.78, 5) is 22.0. The van der Waals surface area contributed by atoms with Crippen molar-refractivity contribution in [1.82, 2.24) is 0 Å². The Morgan fingerprint density at radius 1 is 1.35 bits per heavy atom. The number of amides is 1. The molecule has 0 heterocycles. The molecule has 0 aliphatic rings. The number of anilines is 1. The van der Waals surface area contributed by atoms with Gasteiger partial charge in [0.1, 0.15) is 11.6 Å². The number of esters is 1. The van der Waals surface area contributed by atoms with E-state index in [1.54, 1.807) is 0 Å². The maximum Gasteiger partial charge on any atom is 0.303 e. The van der Waals surface area contributed by atoms with E-state index in [1.165, 1.54) is 6.92 Å². The van der Waals surface area contributed by atoms with Crippen LogP contribution >= 0.6 is 0 Å². The highest BCUT2D eigenvalue weighted by atomic mass is 19.1. The molecule has 0 radical (unpaired) electrons. The van der Waals surface area contributed by atoms with Crippen LogP contribution < -0.4 is 5.32 Å². The lowest BCUT2D eigenvalue weighted by Gasteiger charge is -2.12. The summed E-state index contributed by atoms with van der Waals surface area (Å²) in [6.45, 7) is 2.47. The molecule has 1 atom stereocenters. The fourth-order valence-electron chi connectivity index (χ4n) is 1.13. The molecule has 17 heavy (non-hydrogen) atoms. The van der Waals surface area contributed by atoms with E-state index in [9.17, 15) is 18.4 Å². The predicted molar refractivity (Wildman–Crippen MR) is 56.2 cm³/mol. The third-order valence-corrected chi connectivity index (χ3v) is 1.90. The molecule has 0 aliphatic heterocycles. The minimum Gasteiger partial charge on any atom is -0.453 e. The highest BCUT2D eigenvalue weighted by Gasteiger charge is 2.17. The maximum atomic E-state index is 13.2. The molecule has 92 valence electrons. The first-order valence-electron chi connectivity index (χ1n) is 4.83. The van der Waals surface area contributed by atoms with Crippen LogP contribution in [0.3, 0.4) is 0 Å². The summed E-state index contributed by atoms with van der Waals surface area (Å²) >= 11 is 0. The van der Waals surface area contributed by atoms with Crippen molar-refractivity contribution in [3.8, 4) is 0 Å². The molecule has 0 spiro atoms. The molecule has 0 saturated heterocycles. The van der Waals surface area contributed by atoms with E-state index < -0.39 is 29.6 Å². The van der Waals surface area contributed by atoms with Crippen molar-refractivity contribution in [2.45, 2.75) is 20.0 Å². The van der Waals surface area contributed by atoms with Crippen LogP contribution in [0.5, 0.6) is 0 Å². The van der Waals surface area contributed by atoms with E-state index in [2.05, 4.69) is 10.1 Å². The summed E-state index contributed by atoms with van der Waals surface area (Å²) in [6.07, 6.45) is -1.07. The van der Waals surface area contributed by atoms with Gasteiger partial charge in [0.05, 0.1) is 5.69 Å². The topological polar surface area (TPSA) is 55.4 Å². The molecule has 0 bridgehead atoms. The Morgan fingerprint density at radius 2 is 2.00 bits per heavy atom. The number of halogens is 2. The van der Waals surface area contributed by atoms with Crippen LogP contribution in [0.4, 0.5) is 14.5 Å². The van der Waals surface area contributed by atoms with Gasteiger partial charge in [0, 0.05) is 13.0 Å². The van der Waals surface area contributed by atoms with Crippen LogP contribution in [0.2, 0.25) is 0 Å². The SMILES string of the molecule is CC(=O)O[C@@H](C)C(=O)Nc1cc(F)ccc1F. The number of hydrogen-bond acceptors (Lipinski definition) is 3. The molecule has 0 aromatic heterocycles. The van der Waals surface area contributed by atoms with E-state index in [-0.39, 0.29) is 5.69 Å². The number of benzene rings is 1. The molecule has 1 aromatic rings. The summed E-state index contributed by atoms with van der Waals surface area (Å²) in [7, 11) is 0. The second-order valence-corrected chi connectivity index (χ2v) is 3.37. The van der Waals surface area contributed by atoms with E-state index in [1.807, 2.05) is 0 Å². The van der Waals surface area contributed by atoms with Gasteiger partial charge in [-0.25, -0.2) is 8.78 Å². The summed E-state index contributed by atoms with van der Waals surface area (Å²) in [5, 5.41) is 2.12. The molecule has 1 rings (SSSR count). The minimum atomic E-state index is -1.07. The molecule has 0 fully saturated rings. The number of hydrogen-bond donors (Lipinski definition) is 1. The van der Waals surface area contributed by atoms with Gasteiger partial charge in [0.15, 0.2) is 6.10 Å². The van der Waals surface area contributed by atoms with Crippen molar-refractivity contribution in [3.63, 3.8) is 0 Å². The van der Waals surface area contributed by atoms with Crippen molar-refractivity contribution in [1.29, 1.82) is 0 Å². The first-order chi connectivity index (χ1) is 7.90. The number of nitrogens with one attached hydrogen (secondary N) is 1. The Hall–Kier alpha value is -1.98. The van der Waals surface area contributed by atoms with E-state index >= 15 is 0 Å². The average Bonchev–Trinajstić information content (AvgIpc) is 2.22. The molecular weight excluding hydrogens is 232 g/mol. The van der Waals surface area contributed by atoms with Crippen LogP contribution in [-0.4, -0.2) is 18.0 Å². The van der Waals surface area contributed by atoms with Gasteiger partial charge >= 0.3 is 5.97 Å². The lowest BCUT2D eigenvalue weighted by Crippen LogP contribution is -2.29. The molecule has 1 N–H and O–H groups in total. The number of rotatable bonds is 3. The fourth-order valence-corrected chi connectivity index (χ4v) is 1.13. The summed E-state index contributed by atoms with van der Waals surface area (Å²) in [5.41, 5.74) is -0.297. The van der Waals surface area contributed by atoms with Gasteiger partial charge in [0.25, 0.3) is 5.91 Å². The van der Waals surface area contributed by atoms with Gasteiger partial charge in [0.2, 0.25) is 0 Å². The van der Waals surface area contributed by atoms with Gasteiger partial charge in [-0.3, -0.25) is 9.59 Å². The molecule has 1 amide bonds. The van der Waals surface area contributed by atoms with E-state index in [4.69, 9.17) is 0 Å². The number of ether oxygens (including phenoxy) is 1. The van der Waals surface area contributed by atoms with Crippen molar-refractivity contribution < 1.29 is 23.1 Å². The molecule has 6 heteroatoms. The zero-order valence-electron chi connectivity index (χ0n) is 9.29. The standard InChI is InChI=1S/C11H11F2NO3/c1-6(17-7(2)15)11(16)14-10-5-8(12)3-4-9(10)13/h3-6H,1-2H3,(H,14,16)/t6-/m0/s1. The molecule has 0 aliphatic carbocycles. The Bertz CT molecular complexity index is 448. The minimum absolute atomic E-state index is 0.297. The lowest BCUT2D eigenvalue weighted by molar-refractivity contribution is -0.150. The molecule has 0 unspecified atom stereocenters. The van der Waals surface area contributed by atoms with Crippen LogP contribution in [0.25, 0.3) is 0 Å². The third kappa shape index (κ3) is 3.82. The van der Waals surface area contributed by atoms with Crippen molar-refractivity contribution >= 4 is 17.6 Å². The summed E-state index contributed by atoms with van der Waals surface area (Å²) in [6, 6.07) is 2.66. The Balaban J connectivity index is 2.73. The normalized spacial score (nSPS) is 11.8. The first-order valence-corrected chi connectivity index (χ1v) is 4.83. The molecule has 4 nitrogen and oxygen atoms in total. The third-order valence-electron chi connectivity index (χ3n) is 1.90. The smallest absolute Gasteiger partial charge is 0.303 e. The predicted octanol–water partition coefficient (Wildman–Crippen LogP) is 1.85. The second-order valence-electron chi connectivity index (χ2n) is 3.37. The fraction of sp³-hybridized carbons (Fsp3) is 0.273. The van der Waals surface area contributed by atoms with Crippen LogP contribution in [0.1, 0.15) is 13.8 Å². The monoisotopic (exact) mass is 243 g/mol. The van der Waals surface area contributed by atoms with Crippen molar-refractivity contribution in [2.24, 2.45) is 0 Å². The zero-order chi connectivity index (χ0) is 13.0. The Kier molecular flexibility index (Phi) is 4.14. The van der Waals surface area contributed by atoms with Crippen molar-refractivity contribution in [2.75, 3.05) is 5.32 Å². The number of carbonyl (C=O) groups is 2. The first kappa shape index (κ1) is 13.1. The zero-order valence-corrected chi connectivity index (χ0v) is 9.29. The van der Waals surface area contributed by atoms with Gasteiger partial charge in [-0.2, -0.15) is 0 Å². The van der Waals surface area contributed by atoms with Crippen molar-refractivity contribution in [3.05, 3.63) is 29.8 Å². The van der Waals surface area contributed by atoms with Crippen LogP contribution in [0, 0.1) is 11.6 Å². The van der Waals surface area contributed by atoms with E-state index in [0.29, 0.717) is 0 Å². The highest BCUT2D eigenvalue weighted by Crippen LogP contribution is 2.15. The van der Waals surface area contributed by atoms with E-state index in [0.717, 1.165) is 25.1 Å². The molecule has 0 saturated carbocycles. The van der Waals surface area contributed by atoms with Gasteiger partial charge in [-0.15, -0.1) is 0 Å². The average molecular weight is 243 g/mol. The lowest BCUT2D eigenvalue weighted by atomic mass is 10.2. The number of carbonyl (C=O) groups excluding carboxylic acids is 2. The highest BCUT2D eigenvalue weighted by molar-refractivity contribution is 5.95.